The van der Waals surface area contributed by atoms with Crippen LogP contribution in [0.25, 0.3) is 0 Å². The molecule has 1 aliphatic rings. The van der Waals surface area contributed by atoms with Gasteiger partial charge in [-0.25, -0.2) is 0 Å². The third-order valence-electron chi connectivity index (χ3n) is 1.90. The quantitative estimate of drug-likeness (QED) is 0.357. The molecule has 0 aromatic carbocycles. The van der Waals surface area contributed by atoms with E-state index in [-0.39, 0.29) is 0 Å². The number of hydrogen-bond acceptors (Lipinski definition) is 5. The number of ether oxygens (including phenoxy) is 1. The maximum atomic E-state index is 9.35. The SMILES string of the molecule is OC[C@@]1(O)O[C@H](CI)[C@@H](O)[C@@H]1O. The maximum absolute atomic E-state index is 9.35. The maximum Gasteiger partial charge on any atom is 0.219 e. The summed E-state index contributed by atoms with van der Waals surface area (Å²) < 4.78 is 5.31. The number of rotatable bonds is 2. The van der Waals surface area contributed by atoms with Gasteiger partial charge in [0.1, 0.15) is 12.2 Å². The molecule has 0 radical (unpaired) electrons. The molecule has 12 heavy (non-hydrogen) atoms. The van der Waals surface area contributed by atoms with Crippen molar-refractivity contribution in [3.05, 3.63) is 0 Å². The fourth-order valence-corrected chi connectivity index (χ4v) is 1.83. The van der Waals surface area contributed by atoms with E-state index in [0.717, 1.165) is 0 Å². The predicted molar refractivity (Wildman–Crippen MR) is 47.8 cm³/mol. The zero-order chi connectivity index (χ0) is 9.35. The van der Waals surface area contributed by atoms with E-state index in [2.05, 4.69) is 0 Å². The number of aliphatic hydroxyl groups is 4. The van der Waals surface area contributed by atoms with Gasteiger partial charge in [-0.3, -0.25) is 0 Å². The average molecular weight is 290 g/mol. The van der Waals surface area contributed by atoms with Gasteiger partial charge in [-0.1, -0.05) is 22.6 Å². The average Bonchev–Trinajstić information content (AvgIpc) is 2.31. The van der Waals surface area contributed by atoms with Crippen molar-refractivity contribution in [3.8, 4) is 0 Å². The highest BCUT2D eigenvalue weighted by Crippen LogP contribution is 2.29. The van der Waals surface area contributed by atoms with Crippen molar-refractivity contribution in [3.63, 3.8) is 0 Å². The van der Waals surface area contributed by atoms with Gasteiger partial charge in [-0.2, -0.15) is 0 Å². The molecule has 4 N–H and O–H groups in total. The Hall–Kier alpha value is 0.530. The second-order valence-electron chi connectivity index (χ2n) is 2.75. The molecule has 1 fully saturated rings. The fourth-order valence-electron chi connectivity index (χ4n) is 1.13. The van der Waals surface area contributed by atoms with E-state index in [4.69, 9.17) is 9.84 Å². The third kappa shape index (κ3) is 1.59. The van der Waals surface area contributed by atoms with E-state index in [1.54, 1.807) is 0 Å². The molecule has 1 aliphatic heterocycles. The van der Waals surface area contributed by atoms with Gasteiger partial charge < -0.3 is 25.2 Å². The van der Waals surface area contributed by atoms with Crippen LogP contribution >= 0.6 is 22.6 Å². The highest BCUT2D eigenvalue weighted by atomic mass is 127. The molecule has 0 amide bonds. The molecule has 0 aromatic rings. The van der Waals surface area contributed by atoms with Gasteiger partial charge in [-0.15, -0.1) is 0 Å². The zero-order valence-electron chi connectivity index (χ0n) is 6.22. The summed E-state index contributed by atoms with van der Waals surface area (Å²) in [6.45, 7) is -0.724. The summed E-state index contributed by atoms with van der Waals surface area (Å²) >= 11 is 1.96. The van der Waals surface area contributed by atoms with Crippen LogP contribution in [0.1, 0.15) is 0 Å². The number of aliphatic hydroxyl groups excluding tert-OH is 3. The lowest BCUT2D eigenvalue weighted by atomic mass is 10.1. The van der Waals surface area contributed by atoms with Crippen LogP contribution in [0.15, 0.2) is 0 Å². The molecule has 1 saturated heterocycles. The van der Waals surface area contributed by atoms with Crippen molar-refractivity contribution in [1.82, 2.24) is 0 Å². The molecule has 6 heteroatoms. The van der Waals surface area contributed by atoms with Crippen molar-refractivity contribution >= 4 is 22.6 Å². The van der Waals surface area contributed by atoms with Crippen LogP contribution in [-0.2, 0) is 4.74 Å². The van der Waals surface area contributed by atoms with E-state index in [0.29, 0.717) is 4.43 Å². The lowest BCUT2D eigenvalue weighted by molar-refractivity contribution is -0.243. The van der Waals surface area contributed by atoms with Crippen molar-refractivity contribution in [2.45, 2.75) is 24.1 Å². The first-order valence-corrected chi connectivity index (χ1v) is 5.01. The van der Waals surface area contributed by atoms with Gasteiger partial charge >= 0.3 is 0 Å². The molecule has 0 aliphatic carbocycles. The van der Waals surface area contributed by atoms with Crippen LogP contribution in [-0.4, -0.2) is 55.6 Å². The van der Waals surface area contributed by atoms with E-state index < -0.39 is 30.7 Å². The fraction of sp³-hybridized carbons (Fsp3) is 1.00. The molecule has 1 rings (SSSR count). The summed E-state index contributed by atoms with van der Waals surface area (Å²) in [4.78, 5) is 0. The normalized spacial score (nSPS) is 48.2. The lowest BCUT2D eigenvalue weighted by Crippen LogP contribution is -2.46. The predicted octanol–water partition coefficient (Wildman–Crippen LogP) is -1.78. The first-order chi connectivity index (χ1) is 5.55. The molecule has 0 unspecified atom stereocenters. The molecule has 72 valence electrons. The van der Waals surface area contributed by atoms with E-state index >= 15 is 0 Å². The molecule has 0 saturated carbocycles. The van der Waals surface area contributed by atoms with Gasteiger partial charge in [0.05, 0.1) is 12.7 Å². The summed E-state index contributed by atoms with van der Waals surface area (Å²) in [5.41, 5.74) is 0. The van der Waals surface area contributed by atoms with Gasteiger partial charge in [-0.05, 0) is 0 Å². The van der Waals surface area contributed by atoms with Crippen molar-refractivity contribution in [2.75, 3.05) is 11.0 Å². The Balaban J connectivity index is 2.72. The second kappa shape index (κ2) is 3.72. The molecule has 0 bridgehead atoms. The molecule has 5 nitrogen and oxygen atoms in total. The Morgan fingerprint density at radius 3 is 2.25 bits per heavy atom. The van der Waals surface area contributed by atoms with Crippen molar-refractivity contribution in [1.29, 1.82) is 0 Å². The third-order valence-corrected chi connectivity index (χ3v) is 2.77. The molecular weight excluding hydrogens is 279 g/mol. The van der Waals surface area contributed by atoms with E-state index in [9.17, 15) is 15.3 Å². The number of halogens is 1. The van der Waals surface area contributed by atoms with Crippen LogP contribution in [0.3, 0.4) is 0 Å². The van der Waals surface area contributed by atoms with Crippen molar-refractivity contribution in [2.24, 2.45) is 0 Å². The first-order valence-electron chi connectivity index (χ1n) is 3.48. The minimum Gasteiger partial charge on any atom is -0.391 e. The summed E-state index contributed by atoms with van der Waals surface area (Å²) in [5.74, 6) is -2.00. The molecular formula is C6H11IO5. The topological polar surface area (TPSA) is 90.2 Å². The Morgan fingerprint density at radius 2 is 2.00 bits per heavy atom. The first kappa shape index (κ1) is 10.6. The van der Waals surface area contributed by atoms with Crippen LogP contribution in [0.2, 0.25) is 0 Å². The molecule has 1 heterocycles. The van der Waals surface area contributed by atoms with Crippen LogP contribution in [0.4, 0.5) is 0 Å². The number of hydrogen-bond donors (Lipinski definition) is 4. The lowest BCUT2D eigenvalue weighted by Gasteiger charge is -2.22. The standard InChI is InChI=1S/C6H11IO5/c7-1-3-4(9)5(10)6(11,2-8)12-3/h3-5,8-11H,1-2H2/t3-,4-,5+,6-/m1/s1. The van der Waals surface area contributed by atoms with E-state index in [1.165, 1.54) is 0 Å². The Kier molecular flexibility index (Phi) is 3.29. The monoisotopic (exact) mass is 290 g/mol. The summed E-state index contributed by atoms with van der Waals surface area (Å²) in [6.07, 6.45) is -3.21. The van der Waals surface area contributed by atoms with Crippen LogP contribution < -0.4 is 0 Å². The molecule has 4 atom stereocenters. The summed E-state index contributed by atoms with van der Waals surface area (Å²) in [5, 5.41) is 36.5. The minimum absolute atomic E-state index is 0.443. The molecule has 0 aromatic heterocycles. The Bertz CT molecular complexity index is 166. The zero-order valence-corrected chi connectivity index (χ0v) is 8.38. The van der Waals surface area contributed by atoms with Crippen LogP contribution in [0, 0.1) is 0 Å². The van der Waals surface area contributed by atoms with Gasteiger partial charge in [0, 0.05) is 4.43 Å². The summed E-state index contributed by atoms with van der Waals surface area (Å²) in [6, 6.07) is 0. The largest absolute Gasteiger partial charge is 0.391 e. The highest BCUT2D eigenvalue weighted by molar-refractivity contribution is 14.1. The Labute approximate surface area is 83.1 Å². The van der Waals surface area contributed by atoms with Gasteiger partial charge in [0.2, 0.25) is 5.79 Å². The Morgan fingerprint density at radius 1 is 1.42 bits per heavy atom. The van der Waals surface area contributed by atoms with E-state index in [1.807, 2.05) is 22.6 Å². The molecule has 0 spiro atoms. The van der Waals surface area contributed by atoms with Crippen LogP contribution in [0.5, 0.6) is 0 Å². The van der Waals surface area contributed by atoms with Gasteiger partial charge in [0.25, 0.3) is 0 Å². The number of alkyl halides is 1. The van der Waals surface area contributed by atoms with Gasteiger partial charge in [0.15, 0.2) is 0 Å². The second-order valence-corrected chi connectivity index (χ2v) is 3.63. The highest BCUT2D eigenvalue weighted by Gasteiger charge is 2.52. The van der Waals surface area contributed by atoms with Crippen molar-refractivity contribution < 1.29 is 25.2 Å². The smallest absolute Gasteiger partial charge is 0.219 e. The summed E-state index contributed by atoms with van der Waals surface area (Å²) in [7, 11) is 0. The minimum atomic E-state index is -2.00.